The fraction of sp³-hybridized carbons (Fsp3) is 0.188. The van der Waals surface area contributed by atoms with Gasteiger partial charge in [0, 0.05) is 23.8 Å². The molecule has 1 amide bonds. The Morgan fingerprint density at radius 3 is 2.35 bits per heavy atom. The number of hydrogen-bond donors (Lipinski definition) is 2. The lowest BCUT2D eigenvalue weighted by atomic mass is 10.1. The molecule has 3 nitrogen and oxygen atoms in total. The third-order valence-electron chi connectivity index (χ3n) is 2.83. The highest BCUT2D eigenvalue weighted by Gasteiger charge is 2.01. The Morgan fingerprint density at radius 2 is 1.65 bits per heavy atom. The van der Waals surface area contributed by atoms with E-state index in [9.17, 15) is 4.79 Å². The van der Waals surface area contributed by atoms with Gasteiger partial charge in [-0.05, 0) is 29.8 Å². The van der Waals surface area contributed by atoms with Gasteiger partial charge in [0.05, 0.1) is 6.42 Å². The van der Waals surface area contributed by atoms with Crippen molar-refractivity contribution in [3.63, 3.8) is 0 Å². The van der Waals surface area contributed by atoms with E-state index >= 15 is 0 Å². The number of benzene rings is 2. The van der Waals surface area contributed by atoms with Crippen LogP contribution < -0.4 is 10.6 Å². The topological polar surface area (TPSA) is 41.1 Å². The van der Waals surface area contributed by atoms with Crippen LogP contribution in [0.25, 0.3) is 0 Å². The molecule has 2 aromatic rings. The number of halogens is 1. The maximum absolute atomic E-state index is 11.7. The van der Waals surface area contributed by atoms with Crippen molar-refractivity contribution >= 4 is 23.2 Å². The lowest BCUT2D eigenvalue weighted by Crippen LogP contribution is -2.29. The summed E-state index contributed by atoms with van der Waals surface area (Å²) in [6.45, 7) is 1.27. The molecule has 0 aromatic heterocycles. The van der Waals surface area contributed by atoms with Gasteiger partial charge in [0.2, 0.25) is 5.91 Å². The van der Waals surface area contributed by atoms with Gasteiger partial charge < -0.3 is 10.6 Å². The van der Waals surface area contributed by atoms with E-state index < -0.39 is 0 Å². The van der Waals surface area contributed by atoms with E-state index in [1.165, 1.54) is 0 Å². The van der Waals surface area contributed by atoms with Crippen LogP contribution in [0.3, 0.4) is 0 Å². The summed E-state index contributed by atoms with van der Waals surface area (Å²) in [5, 5.41) is 6.82. The molecule has 2 N–H and O–H groups in total. The van der Waals surface area contributed by atoms with Crippen molar-refractivity contribution < 1.29 is 4.79 Å². The number of rotatable bonds is 6. The molecule has 2 rings (SSSR count). The Kier molecular flexibility index (Phi) is 5.44. The molecule has 0 saturated heterocycles. The van der Waals surface area contributed by atoms with Gasteiger partial charge in [0.25, 0.3) is 0 Å². The van der Waals surface area contributed by atoms with Crippen LogP contribution in [0.5, 0.6) is 0 Å². The maximum atomic E-state index is 11.7. The minimum absolute atomic E-state index is 0.0362. The summed E-state index contributed by atoms with van der Waals surface area (Å²) in [6.07, 6.45) is 0.418. The first-order chi connectivity index (χ1) is 9.74. The molecule has 0 atom stereocenters. The third-order valence-corrected chi connectivity index (χ3v) is 3.08. The third kappa shape index (κ3) is 4.94. The Balaban J connectivity index is 1.66. The highest BCUT2D eigenvalue weighted by molar-refractivity contribution is 6.30. The van der Waals surface area contributed by atoms with Gasteiger partial charge in [-0.2, -0.15) is 0 Å². The quantitative estimate of drug-likeness (QED) is 0.802. The SMILES string of the molecule is O=C(Cc1ccccc1)NCCNc1ccc(Cl)cc1. The minimum atomic E-state index is 0.0362. The van der Waals surface area contributed by atoms with Crippen LogP contribution in [-0.2, 0) is 11.2 Å². The Morgan fingerprint density at radius 1 is 0.950 bits per heavy atom. The molecule has 0 heterocycles. The van der Waals surface area contributed by atoms with E-state index in [0.717, 1.165) is 11.3 Å². The molecule has 0 spiro atoms. The zero-order chi connectivity index (χ0) is 14.2. The lowest BCUT2D eigenvalue weighted by Gasteiger charge is -2.08. The van der Waals surface area contributed by atoms with Crippen LogP contribution in [0, 0.1) is 0 Å². The minimum Gasteiger partial charge on any atom is -0.383 e. The van der Waals surface area contributed by atoms with Crippen LogP contribution in [0.4, 0.5) is 5.69 Å². The normalized spacial score (nSPS) is 10.1. The van der Waals surface area contributed by atoms with Crippen molar-refractivity contribution in [2.75, 3.05) is 18.4 Å². The van der Waals surface area contributed by atoms with E-state index in [-0.39, 0.29) is 5.91 Å². The Bertz CT molecular complexity index is 540. The highest BCUT2D eigenvalue weighted by atomic mass is 35.5. The number of carbonyl (C=O) groups excluding carboxylic acids is 1. The summed E-state index contributed by atoms with van der Waals surface area (Å²) in [6, 6.07) is 17.2. The molecule has 2 aromatic carbocycles. The molecule has 0 saturated carbocycles. The molecular formula is C16H17ClN2O. The van der Waals surface area contributed by atoms with Crippen molar-refractivity contribution in [2.24, 2.45) is 0 Å². The van der Waals surface area contributed by atoms with Gasteiger partial charge in [0.1, 0.15) is 0 Å². The average molecular weight is 289 g/mol. The second kappa shape index (κ2) is 7.56. The molecule has 0 aliphatic heterocycles. The van der Waals surface area contributed by atoms with E-state index in [2.05, 4.69) is 10.6 Å². The standard InChI is InChI=1S/C16H17ClN2O/c17-14-6-8-15(9-7-14)18-10-11-19-16(20)12-13-4-2-1-3-5-13/h1-9,18H,10-12H2,(H,19,20). The first-order valence-corrected chi connectivity index (χ1v) is 6.92. The highest BCUT2D eigenvalue weighted by Crippen LogP contribution is 2.12. The molecular weight excluding hydrogens is 272 g/mol. The molecule has 0 fully saturated rings. The van der Waals surface area contributed by atoms with Crippen LogP contribution in [0.15, 0.2) is 54.6 Å². The second-order valence-electron chi connectivity index (χ2n) is 4.45. The maximum Gasteiger partial charge on any atom is 0.224 e. The van der Waals surface area contributed by atoms with E-state index in [1.54, 1.807) is 0 Å². The van der Waals surface area contributed by atoms with Crippen molar-refractivity contribution in [3.05, 3.63) is 65.2 Å². The van der Waals surface area contributed by atoms with E-state index in [1.807, 2.05) is 54.6 Å². The van der Waals surface area contributed by atoms with Crippen molar-refractivity contribution in [1.82, 2.24) is 5.32 Å². The number of hydrogen-bond acceptors (Lipinski definition) is 2. The van der Waals surface area contributed by atoms with Gasteiger partial charge >= 0.3 is 0 Å². The number of carbonyl (C=O) groups is 1. The first kappa shape index (κ1) is 14.4. The summed E-state index contributed by atoms with van der Waals surface area (Å²) in [5.74, 6) is 0.0362. The monoisotopic (exact) mass is 288 g/mol. The van der Waals surface area contributed by atoms with Crippen LogP contribution in [-0.4, -0.2) is 19.0 Å². The van der Waals surface area contributed by atoms with E-state index in [4.69, 9.17) is 11.6 Å². The van der Waals surface area contributed by atoms with Crippen LogP contribution in [0.2, 0.25) is 5.02 Å². The number of amides is 1. The largest absolute Gasteiger partial charge is 0.383 e. The Labute approximate surface area is 124 Å². The molecule has 0 aliphatic carbocycles. The molecule has 0 aliphatic rings. The van der Waals surface area contributed by atoms with Crippen molar-refractivity contribution in [3.8, 4) is 0 Å². The molecule has 4 heteroatoms. The zero-order valence-electron chi connectivity index (χ0n) is 11.1. The van der Waals surface area contributed by atoms with Gasteiger partial charge in [-0.25, -0.2) is 0 Å². The summed E-state index contributed by atoms with van der Waals surface area (Å²) < 4.78 is 0. The summed E-state index contributed by atoms with van der Waals surface area (Å²) >= 11 is 5.81. The Hall–Kier alpha value is -2.00. The van der Waals surface area contributed by atoms with Gasteiger partial charge in [-0.3, -0.25) is 4.79 Å². The fourth-order valence-corrected chi connectivity index (χ4v) is 1.95. The predicted molar refractivity (Wildman–Crippen MR) is 83.1 cm³/mol. The smallest absolute Gasteiger partial charge is 0.224 e. The second-order valence-corrected chi connectivity index (χ2v) is 4.88. The van der Waals surface area contributed by atoms with Gasteiger partial charge in [-0.15, -0.1) is 0 Å². The van der Waals surface area contributed by atoms with Gasteiger partial charge in [0.15, 0.2) is 0 Å². The first-order valence-electron chi connectivity index (χ1n) is 6.54. The molecule has 20 heavy (non-hydrogen) atoms. The van der Waals surface area contributed by atoms with Crippen LogP contribution >= 0.6 is 11.6 Å². The molecule has 0 radical (unpaired) electrons. The van der Waals surface area contributed by atoms with Crippen molar-refractivity contribution in [1.29, 1.82) is 0 Å². The predicted octanol–water partition coefficient (Wildman–Crippen LogP) is 3.11. The summed E-state index contributed by atoms with van der Waals surface area (Å²) in [7, 11) is 0. The number of nitrogens with one attached hydrogen (secondary N) is 2. The molecule has 104 valence electrons. The summed E-state index contributed by atoms with van der Waals surface area (Å²) in [5.41, 5.74) is 2.02. The number of anilines is 1. The average Bonchev–Trinajstić information content (AvgIpc) is 2.46. The fourth-order valence-electron chi connectivity index (χ4n) is 1.82. The molecule has 0 bridgehead atoms. The molecule has 0 unspecified atom stereocenters. The van der Waals surface area contributed by atoms with Gasteiger partial charge in [-0.1, -0.05) is 41.9 Å². The van der Waals surface area contributed by atoms with Crippen molar-refractivity contribution in [2.45, 2.75) is 6.42 Å². The van der Waals surface area contributed by atoms with E-state index in [0.29, 0.717) is 24.5 Å². The lowest BCUT2D eigenvalue weighted by molar-refractivity contribution is -0.120. The van der Waals surface area contributed by atoms with Crippen LogP contribution in [0.1, 0.15) is 5.56 Å². The zero-order valence-corrected chi connectivity index (χ0v) is 11.9. The summed E-state index contributed by atoms with van der Waals surface area (Å²) in [4.78, 5) is 11.7.